The van der Waals surface area contributed by atoms with Gasteiger partial charge in [0.05, 0.1) is 0 Å². The molecule has 3 heteroatoms. The Morgan fingerprint density at radius 3 is 3.24 bits per heavy atom. The van der Waals surface area contributed by atoms with Crippen LogP contribution in [0.4, 0.5) is 0 Å². The summed E-state index contributed by atoms with van der Waals surface area (Å²) in [5.41, 5.74) is 1.92. The van der Waals surface area contributed by atoms with E-state index in [1.807, 2.05) is 11.3 Å². The van der Waals surface area contributed by atoms with Crippen LogP contribution in [0.3, 0.4) is 0 Å². The van der Waals surface area contributed by atoms with Crippen LogP contribution in [0.15, 0.2) is 11.4 Å². The lowest BCUT2D eigenvalue weighted by atomic mass is 9.95. The summed E-state index contributed by atoms with van der Waals surface area (Å²) in [4.78, 5) is 4.27. The molecule has 0 aliphatic carbocycles. The molecule has 0 spiro atoms. The minimum absolute atomic E-state index is 0.349. The Kier molecular flexibility index (Phi) is 3.01. The van der Waals surface area contributed by atoms with Crippen molar-refractivity contribution in [1.29, 1.82) is 0 Å². The molecule has 2 unspecified atom stereocenters. The van der Waals surface area contributed by atoms with E-state index >= 15 is 0 Å². The number of hydrogen-bond donors (Lipinski definition) is 1. The van der Waals surface area contributed by atoms with Gasteiger partial charge in [0.1, 0.15) is 0 Å². The van der Waals surface area contributed by atoms with Crippen molar-refractivity contribution in [2.75, 3.05) is 19.6 Å². The van der Waals surface area contributed by atoms with Crippen molar-refractivity contribution in [3.63, 3.8) is 0 Å². The third-order valence-electron chi connectivity index (χ3n) is 4.41. The van der Waals surface area contributed by atoms with Gasteiger partial charge in [0.25, 0.3) is 0 Å². The largest absolute Gasteiger partial charge is 0.310 e. The number of nitrogens with one attached hydrogen (secondary N) is 1. The van der Waals surface area contributed by atoms with Crippen LogP contribution in [0.25, 0.3) is 0 Å². The molecule has 94 valence electrons. The minimum Gasteiger partial charge on any atom is -0.310 e. The first kappa shape index (κ1) is 11.7. The average Bonchev–Trinajstić information content (AvgIpc) is 2.92. The SMILES string of the molecule is CC1c2ccsc2CCN1CC1(C)CCCN1. The quantitative estimate of drug-likeness (QED) is 0.868. The molecule has 1 aromatic rings. The fourth-order valence-corrected chi connectivity index (χ4v) is 4.28. The number of hydrogen-bond acceptors (Lipinski definition) is 3. The lowest BCUT2D eigenvalue weighted by Crippen LogP contribution is -2.49. The van der Waals surface area contributed by atoms with E-state index in [0.717, 1.165) is 0 Å². The maximum atomic E-state index is 3.68. The van der Waals surface area contributed by atoms with Crippen LogP contribution < -0.4 is 5.32 Å². The molecule has 0 bridgehead atoms. The molecule has 1 saturated heterocycles. The number of nitrogens with zero attached hydrogens (tertiary/aromatic N) is 1. The first-order valence-corrected chi connectivity index (χ1v) is 7.61. The van der Waals surface area contributed by atoms with Gasteiger partial charge in [-0.1, -0.05) is 0 Å². The topological polar surface area (TPSA) is 15.3 Å². The van der Waals surface area contributed by atoms with E-state index in [2.05, 4.69) is 35.5 Å². The zero-order valence-electron chi connectivity index (χ0n) is 10.8. The summed E-state index contributed by atoms with van der Waals surface area (Å²) in [6, 6.07) is 2.92. The van der Waals surface area contributed by atoms with Gasteiger partial charge < -0.3 is 5.32 Å². The second kappa shape index (κ2) is 4.38. The first-order chi connectivity index (χ1) is 8.18. The number of rotatable bonds is 2. The maximum Gasteiger partial charge on any atom is 0.0331 e. The van der Waals surface area contributed by atoms with Crippen molar-refractivity contribution in [3.8, 4) is 0 Å². The molecule has 2 aliphatic heterocycles. The standard InChI is InChI=1S/C14H22N2S/c1-11-12-5-9-17-13(12)4-8-16(11)10-14(2)6-3-7-15-14/h5,9,11,15H,3-4,6-8,10H2,1-2H3. The van der Waals surface area contributed by atoms with E-state index < -0.39 is 0 Å². The van der Waals surface area contributed by atoms with Crippen LogP contribution in [-0.4, -0.2) is 30.1 Å². The Labute approximate surface area is 108 Å². The lowest BCUT2D eigenvalue weighted by molar-refractivity contribution is 0.150. The molecule has 17 heavy (non-hydrogen) atoms. The van der Waals surface area contributed by atoms with Gasteiger partial charge in [-0.3, -0.25) is 4.90 Å². The van der Waals surface area contributed by atoms with Gasteiger partial charge in [-0.2, -0.15) is 0 Å². The lowest BCUT2D eigenvalue weighted by Gasteiger charge is -2.39. The number of fused-ring (bicyclic) bond motifs is 1. The normalized spacial score (nSPS) is 33.9. The molecule has 1 fully saturated rings. The van der Waals surface area contributed by atoms with Crippen molar-refractivity contribution in [1.82, 2.24) is 10.2 Å². The highest BCUT2D eigenvalue weighted by molar-refractivity contribution is 7.10. The highest BCUT2D eigenvalue weighted by atomic mass is 32.1. The molecule has 2 atom stereocenters. The summed E-state index contributed by atoms with van der Waals surface area (Å²) in [5.74, 6) is 0. The van der Waals surface area contributed by atoms with E-state index in [4.69, 9.17) is 0 Å². The van der Waals surface area contributed by atoms with Gasteiger partial charge in [0, 0.05) is 29.5 Å². The van der Waals surface area contributed by atoms with Gasteiger partial charge >= 0.3 is 0 Å². The smallest absolute Gasteiger partial charge is 0.0331 e. The third kappa shape index (κ3) is 2.16. The summed E-state index contributed by atoms with van der Waals surface area (Å²) in [7, 11) is 0. The molecule has 3 rings (SSSR count). The molecule has 0 aromatic carbocycles. The van der Waals surface area contributed by atoms with Crippen LogP contribution >= 0.6 is 11.3 Å². The van der Waals surface area contributed by atoms with Gasteiger partial charge in [-0.05, 0) is 56.7 Å². The zero-order chi connectivity index (χ0) is 11.9. The monoisotopic (exact) mass is 250 g/mol. The van der Waals surface area contributed by atoms with Crippen molar-refractivity contribution in [2.45, 2.75) is 44.7 Å². The molecule has 1 aromatic heterocycles. The highest BCUT2D eigenvalue weighted by Crippen LogP contribution is 2.34. The van der Waals surface area contributed by atoms with Crippen LogP contribution in [0, 0.1) is 0 Å². The second-order valence-electron chi connectivity index (χ2n) is 5.79. The van der Waals surface area contributed by atoms with Gasteiger partial charge in [0.15, 0.2) is 0 Å². The van der Waals surface area contributed by atoms with Crippen LogP contribution in [0.1, 0.15) is 43.2 Å². The van der Waals surface area contributed by atoms with Gasteiger partial charge in [0.2, 0.25) is 0 Å². The first-order valence-electron chi connectivity index (χ1n) is 6.73. The van der Waals surface area contributed by atoms with Crippen molar-refractivity contribution < 1.29 is 0 Å². The third-order valence-corrected chi connectivity index (χ3v) is 5.41. The predicted octanol–water partition coefficient (Wildman–Crippen LogP) is 2.81. The van der Waals surface area contributed by atoms with Crippen LogP contribution in [-0.2, 0) is 6.42 Å². The van der Waals surface area contributed by atoms with E-state index in [9.17, 15) is 0 Å². The van der Waals surface area contributed by atoms with E-state index in [-0.39, 0.29) is 0 Å². The Morgan fingerprint density at radius 2 is 2.47 bits per heavy atom. The molecule has 0 saturated carbocycles. The fourth-order valence-electron chi connectivity index (χ4n) is 3.32. The Hall–Kier alpha value is -0.380. The highest BCUT2D eigenvalue weighted by Gasteiger charge is 2.34. The summed E-state index contributed by atoms with van der Waals surface area (Å²) in [5, 5.41) is 5.93. The molecule has 1 N–H and O–H groups in total. The Bertz CT molecular complexity index is 393. The van der Waals surface area contributed by atoms with E-state index in [0.29, 0.717) is 11.6 Å². The van der Waals surface area contributed by atoms with Gasteiger partial charge in [-0.25, -0.2) is 0 Å². The van der Waals surface area contributed by atoms with E-state index in [1.165, 1.54) is 38.9 Å². The van der Waals surface area contributed by atoms with Crippen LogP contribution in [0.5, 0.6) is 0 Å². The molecular formula is C14H22N2S. The molecule has 0 radical (unpaired) electrons. The maximum absolute atomic E-state index is 3.68. The van der Waals surface area contributed by atoms with Crippen molar-refractivity contribution in [3.05, 3.63) is 21.9 Å². The van der Waals surface area contributed by atoms with E-state index in [1.54, 1.807) is 10.4 Å². The predicted molar refractivity (Wildman–Crippen MR) is 73.7 cm³/mol. The summed E-state index contributed by atoms with van der Waals surface area (Å²) < 4.78 is 0. The second-order valence-corrected chi connectivity index (χ2v) is 6.79. The van der Waals surface area contributed by atoms with Crippen LogP contribution in [0.2, 0.25) is 0 Å². The Morgan fingerprint density at radius 1 is 1.59 bits per heavy atom. The minimum atomic E-state index is 0.349. The molecular weight excluding hydrogens is 228 g/mol. The molecule has 3 heterocycles. The molecule has 0 amide bonds. The molecule has 2 aliphatic rings. The van der Waals surface area contributed by atoms with Crippen molar-refractivity contribution in [2.24, 2.45) is 0 Å². The number of thiophene rings is 1. The van der Waals surface area contributed by atoms with Gasteiger partial charge in [-0.15, -0.1) is 11.3 Å². The fraction of sp³-hybridized carbons (Fsp3) is 0.714. The average molecular weight is 250 g/mol. The summed E-state index contributed by atoms with van der Waals surface area (Å²) >= 11 is 1.93. The summed E-state index contributed by atoms with van der Waals surface area (Å²) in [6.45, 7) is 8.37. The molecule has 2 nitrogen and oxygen atoms in total. The Balaban J connectivity index is 1.73. The zero-order valence-corrected chi connectivity index (χ0v) is 11.6. The summed E-state index contributed by atoms with van der Waals surface area (Å²) in [6.07, 6.45) is 3.91. The van der Waals surface area contributed by atoms with Crippen molar-refractivity contribution >= 4 is 11.3 Å².